The normalized spacial score (nSPS) is 9.65. The first-order valence-electron chi connectivity index (χ1n) is 5.96. The summed E-state index contributed by atoms with van der Waals surface area (Å²) in [5, 5.41) is 11.6. The van der Waals surface area contributed by atoms with Gasteiger partial charge in [-0.15, -0.1) is 0 Å². The smallest absolute Gasteiger partial charge is 0.257 e. The molecule has 0 aliphatic carbocycles. The summed E-state index contributed by atoms with van der Waals surface area (Å²) in [5.41, 5.74) is 2.29. The number of carbonyl (C=O) groups is 1. The Labute approximate surface area is 116 Å². The summed E-state index contributed by atoms with van der Waals surface area (Å²) in [4.78, 5) is 16.2. The van der Waals surface area contributed by atoms with Gasteiger partial charge in [-0.25, -0.2) is 0 Å². The number of aromatic nitrogens is 1. The highest BCUT2D eigenvalue weighted by atomic mass is 16.5. The van der Waals surface area contributed by atoms with Crippen molar-refractivity contribution in [3.05, 3.63) is 53.3 Å². The number of hydrogen-bond donors (Lipinski definition) is 1. The third kappa shape index (κ3) is 2.93. The minimum absolute atomic E-state index is 0.277. The molecule has 0 bridgehead atoms. The summed E-state index contributed by atoms with van der Waals surface area (Å²) in [7, 11) is 1.49. The van der Waals surface area contributed by atoms with Gasteiger partial charge >= 0.3 is 0 Å². The number of aryl methyl sites for hydroxylation is 1. The van der Waals surface area contributed by atoms with Crippen LogP contribution in [0.25, 0.3) is 0 Å². The van der Waals surface area contributed by atoms with Crippen molar-refractivity contribution < 1.29 is 9.53 Å². The lowest BCUT2D eigenvalue weighted by Gasteiger charge is -2.10. The fourth-order valence-corrected chi connectivity index (χ4v) is 1.66. The molecule has 0 unspecified atom stereocenters. The lowest BCUT2D eigenvalue weighted by Crippen LogP contribution is -2.13. The van der Waals surface area contributed by atoms with E-state index in [-0.39, 0.29) is 5.91 Å². The van der Waals surface area contributed by atoms with Gasteiger partial charge in [0.2, 0.25) is 0 Å². The highest BCUT2D eigenvalue weighted by Gasteiger charge is 2.10. The molecule has 20 heavy (non-hydrogen) atoms. The fourth-order valence-electron chi connectivity index (χ4n) is 1.66. The zero-order valence-electron chi connectivity index (χ0n) is 11.2. The second kappa shape index (κ2) is 5.85. The van der Waals surface area contributed by atoms with E-state index in [1.54, 1.807) is 30.3 Å². The number of anilines is 1. The molecule has 5 heteroatoms. The third-order valence-electron chi connectivity index (χ3n) is 2.75. The van der Waals surface area contributed by atoms with Crippen molar-refractivity contribution in [2.24, 2.45) is 0 Å². The van der Waals surface area contributed by atoms with Crippen molar-refractivity contribution in [2.45, 2.75) is 6.92 Å². The fraction of sp³-hybridized carbons (Fsp3) is 0.133. The summed E-state index contributed by atoms with van der Waals surface area (Å²) in [6.45, 7) is 1.85. The molecular formula is C15H13N3O2. The number of carbonyl (C=O) groups excluding carboxylic acids is 1. The number of ether oxygens (including phenoxy) is 1. The highest BCUT2D eigenvalue weighted by molar-refractivity contribution is 6.04. The molecule has 2 rings (SSSR count). The van der Waals surface area contributed by atoms with Gasteiger partial charge < -0.3 is 10.1 Å². The van der Waals surface area contributed by atoms with E-state index in [0.717, 1.165) is 5.69 Å². The van der Waals surface area contributed by atoms with Crippen LogP contribution in [0.5, 0.6) is 5.75 Å². The van der Waals surface area contributed by atoms with Gasteiger partial charge in [0, 0.05) is 18.0 Å². The Morgan fingerprint density at radius 2 is 2.15 bits per heavy atom. The molecule has 0 saturated heterocycles. The Bertz CT molecular complexity index is 673. The van der Waals surface area contributed by atoms with Crippen LogP contribution in [0.15, 0.2) is 36.5 Å². The molecular weight excluding hydrogens is 254 g/mol. The van der Waals surface area contributed by atoms with E-state index in [0.29, 0.717) is 22.6 Å². The lowest BCUT2D eigenvalue weighted by atomic mass is 10.2. The first kappa shape index (κ1) is 13.6. The van der Waals surface area contributed by atoms with Crippen molar-refractivity contribution >= 4 is 11.6 Å². The largest absolute Gasteiger partial charge is 0.495 e. The van der Waals surface area contributed by atoms with E-state index in [2.05, 4.69) is 10.3 Å². The Morgan fingerprint density at radius 1 is 1.35 bits per heavy atom. The lowest BCUT2D eigenvalue weighted by molar-refractivity contribution is 0.102. The number of benzene rings is 1. The first-order valence-corrected chi connectivity index (χ1v) is 5.96. The topological polar surface area (TPSA) is 75.0 Å². The molecule has 0 fully saturated rings. The highest BCUT2D eigenvalue weighted by Crippen LogP contribution is 2.25. The summed E-state index contributed by atoms with van der Waals surface area (Å²) in [6.07, 6.45) is 1.51. The summed E-state index contributed by atoms with van der Waals surface area (Å²) < 4.78 is 5.16. The molecule has 1 aromatic carbocycles. The van der Waals surface area contributed by atoms with Crippen molar-refractivity contribution in [3.63, 3.8) is 0 Å². The average molecular weight is 267 g/mol. The molecule has 1 N–H and O–H groups in total. The Balaban J connectivity index is 2.23. The van der Waals surface area contributed by atoms with Gasteiger partial charge in [-0.05, 0) is 31.2 Å². The zero-order chi connectivity index (χ0) is 14.5. The van der Waals surface area contributed by atoms with Crippen molar-refractivity contribution in [1.29, 1.82) is 5.26 Å². The standard InChI is InChI=1S/C15H13N3O2/c1-10-3-5-12(9-17-10)15(19)18-13-6-4-11(8-16)7-14(13)20-2/h3-7,9H,1-2H3,(H,18,19). The summed E-state index contributed by atoms with van der Waals surface area (Å²) >= 11 is 0. The molecule has 0 saturated carbocycles. The number of hydrogen-bond acceptors (Lipinski definition) is 4. The van der Waals surface area contributed by atoms with E-state index in [9.17, 15) is 4.79 Å². The maximum Gasteiger partial charge on any atom is 0.257 e. The maximum atomic E-state index is 12.1. The van der Waals surface area contributed by atoms with E-state index in [1.807, 2.05) is 13.0 Å². The Kier molecular flexibility index (Phi) is 3.96. The van der Waals surface area contributed by atoms with Crippen molar-refractivity contribution in [1.82, 2.24) is 4.98 Å². The molecule has 1 amide bonds. The van der Waals surface area contributed by atoms with Crippen LogP contribution < -0.4 is 10.1 Å². The molecule has 0 aliphatic rings. The van der Waals surface area contributed by atoms with E-state index in [1.165, 1.54) is 13.3 Å². The van der Waals surface area contributed by atoms with E-state index >= 15 is 0 Å². The molecule has 1 aromatic heterocycles. The minimum Gasteiger partial charge on any atom is -0.495 e. The van der Waals surface area contributed by atoms with Crippen LogP contribution in [-0.4, -0.2) is 18.0 Å². The maximum absolute atomic E-state index is 12.1. The molecule has 0 atom stereocenters. The van der Waals surface area contributed by atoms with Gasteiger partial charge in [0.15, 0.2) is 0 Å². The number of pyridine rings is 1. The van der Waals surface area contributed by atoms with Gasteiger partial charge in [-0.3, -0.25) is 9.78 Å². The second-order valence-corrected chi connectivity index (χ2v) is 4.17. The monoisotopic (exact) mass is 267 g/mol. The Morgan fingerprint density at radius 3 is 2.75 bits per heavy atom. The van der Waals surface area contributed by atoms with Crippen LogP contribution >= 0.6 is 0 Å². The predicted octanol–water partition coefficient (Wildman–Crippen LogP) is 2.52. The molecule has 5 nitrogen and oxygen atoms in total. The number of nitriles is 1. The van der Waals surface area contributed by atoms with Crippen LogP contribution in [0.4, 0.5) is 5.69 Å². The minimum atomic E-state index is -0.277. The van der Waals surface area contributed by atoms with Gasteiger partial charge in [0.05, 0.1) is 30.0 Å². The Hall–Kier alpha value is -2.87. The van der Waals surface area contributed by atoms with Gasteiger partial charge in [0.1, 0.15) is 5.75 Å². The summed E-state index contributed by atoms with van der Waals surface area (Å²) in [5.74, 6) is 0.165. The second-order valence-electron chi connectivity index (χ2n) is 4.17. The predicted molar refractivity (Wildman–Crippen MR) is 74.6 cm³/mol. The van der Waals surface area contributed by atoms with Crippen LogP contribution in [0.2, 0.25) is 0 Å². The third-order valence-corrected chi connectivity index (χ3v) is 2.75. The molecule has 2 aromatic rings. The molecule has 100 valence electrons. The number of nitrogens with one attached hydrogen (secondary N) is 1. The zero-order valence-corrected chi connectivity index (χ0v) is 11.2. The van der Waals surface area contributed by atoms with E-state index < -0.39 is 0 Å². The molecule has 0 spiro atoms. The number of rotatable bonds is 3. The molecule has 0 aliphatic heterocycles. The van der Waals surface area contributed by atoms with Gasteiger partial charge in [-0.2, -0.15) is 5.26 Å². The number of methoxy groups -OCH3 is 1. The number of nitrogens with zero attached hydrogens (tertiary/aromatic N) is 2. The van der Waals surface area contributed by atoms with Crippen molar-refractivity contribution in [3.8, 4) is 11.8 Å². The van der Waals surface area contributed by atoms with E-state index in [4.69, 9.17) is 10.00 Å². The van der Waals surface area contributed by atoms with Gasteiger partial charge in [0.25, 0.3) is 5.91 Å². The van der Waals surface area contributed by atoms with Crippen LogP contribution in [-0.2, 0) is 0 Å². The van der Waals surface area contributed by atoms with Crippen LogP contribution in [0.3, 0.4) is 0 Å². The quantitative estimate of drug-likeness (QED) is 0.927. The van der Waals surface area contributed by atoms with Crippen LogP contribution in [0, 0.1) is 18.3 Å². The van der Waals surface area contributed by atoms with Crippen LogP contribution in [0.1, 0.15) is 21.6 Å². The molecule has 0 radical (unpaired) electrons. The summed E-state index contributed by atoms with van der Waals surface area (Å²) in [6, 6.07) is 10.3. The SMILES string of the molecule is COc1cc(C#N)ccc1NC(=O)c1ccc(C)nc1. The van der Waals surface area contributed by atoms with Crippen molar-refractivity contribution in [2.75, 3.05) is 12.4 Å². The first-order chi connectivity index (χ1) is 9.63. The van der Waals surface area contributed by atoms with Gasteiger partial charge in [-0.1, -0.05) is 0 Å². The molecule has 1 heterocycles. The number of amides is 1. The average Bonchev–Trinajstić information content (AvgIpc) is 2.48.